The van der Waals surface area contributed by atoms with E-state index < -0.39 is 17.2 Å². The SMILES string of the molecule is COc1ccc(NC(=O)Cn2c(=O)n(CCCCC(=O)NC(C)C)c(=O)c3ccccc32)cc1OC. The minimum Gasteiger partial charge on any atom is -0.493 e. The van der Waals surface area contributed by atoms with Crippen molar-refractivity contribution in [3.63, 3.8) is 0 Å². The normalized spacial score (nSPS) is 10.9. The number of ether oxygens (including phenoxy) is 2. The highest BCUT2D eigenvalue weighted by molar-refractivity contribution is 5.92. The van der Waals surface area contributed by atoms with Gasteiger partial charge < -0.3 is 20.1 Å². The van der Waals surface area contributed by atoms with Gasteiger partial charge in [-0.3, -0.25) is 23.5 Å². The zero-order chi connectivity index (χ0) is 26.2. The summed E-state index contributed by atoms with van der Waals surface area (Å²) in [5.74, 6) is 0.463. The molecule has 3 rings (SSSR count). The second-order valence-electron chi connectivity index (χ2n) is 8.64. The van der Waals surface area contributed by atoms with Gasteiger partial charge in [-0.15, -0.1) is 0 Å². The number of unbranched alkanes of at least 4 members (excludes halogenated alkanes) is 1. The number of para-hydroxylation sites is 1. The number of hydrogen-bond donors (Lipinski definition) is 2. The Kier molecular flexibility index (Phi) is 8.88. The average molecular weight is 497 g/mol. The Morgan fingerprint density at radius 1 is 0.917 bits per heavy atom. The molecule has 2 aromatic carbocycles. The molecule has 0 bridgehead atoms. The van der Waals surface area contributed by atoms with Crippen LogP contribution in [0.25, 0.3) is 10.9 Å². The lowest BCUT2D eigenvalue weighted by Gasteiger charge is -2.15. The molecule has 0 fully saturated rings. The minimum atomic E-state index is -0.576. The molecule has 0 aliphatic heterocycles. The standard InChI is InChI=1S/C26H32N4O6/c1-17(2)27-23(31)11-7-8-14-29-25(33)19-9-5-6-10-20(19)30(26(29)34)16-24(32)28-18-12-13-21(35-3)22(15-18)36-4/h5-6,9-10,12-13,15,17H,7-8,11,14,16H2,1-4H3,(H,27,31)(H,28,32). The third kappa shape index (κ3) is 6.32. The fourth-order valence-corrected chi connectivity index (χ4v) is 3.93. The van der Waals surface area contributed by atoms with Crippen molar-refractivity contribution >= 4 is 28.4 Å². The topological polar surface area (TPSA) is 121 Å². The Labute approximate surface area is 208 Å². The molecule has 1 aromatic heterocycles. The molecule has 10 nitrogen and oxygen atoms in total. The first-order valence-electron chi connectivity index (χ1n) is 11.8. The van der Waals surface area contributed by atoms with E-state index in [9.17, 15) is 19.2 Å². The maximum atomic E-state index is 13.3. The fourth-order valence-electron chi connectivity index (χ4n) is 3.93. The first-order chi connectivity index (χ1) is 17.2. The third-order valence-corrected chi connectivity index (χ3v) is 5.59. The molecule has 0 radical (unpaired) electrons. The Bertz CT molecular complexity index is 1360. The molecule has 0 aliphatic rings. The van der Waals surface area contributed by atoms with Crippen molar-refractivity contribution in [3.8, 4) is 11.5 Å². The van der Waals surface area contributed by atoms with Gasteiger partial charge in [0.2, 0.25) is 11.8 Å². The van der Waals surface area contributed by atoms with E-state index in [2.05, 4.69) is 10.6 Å². The number of fused-ring (bicyclic) bond motifs is 1. The second kappa shape index (κ2) is 12.1. The number of aromatic nitrogens is 2. The van der Waals surface area contributed by atoms with E-state index in [1.807, 2.05) is 13.8 Å². The van der Waals surface area contributed by atoms with Gasteiger partial charge in [0.05, 0.1) is 25.1 Å². The van der Waals surface area contributed by atoms with Gasteiger partial charge in [0.15, 0.2) is 11.5 Å². The smallest absolute Gasteiger partial charge is 0.331 e. The molecule has 2 N–H and O–H groups in total. The molecule has 0 saturated carbocycles. The Morgan fingerprint density at radius 3 is 2.33 bits per heavy atom. The van der Waals surface area contributed by atoms with E-state index in [0.29, 0.717) is 47.4 Å². The van der Waals surface area contributed by atoms with Crippen LogP contribution in [0.15, 0.2) is 52.1 Å². The summed E-state index contributed by atoms with van der Waals surface area (Å²) in [5.41, 5.74) is -0.142. The summed E-state index contributed by atoms with van der Waals surface area (Å²) in [7, 11) is 3.01. The van der Waals surface area contributed by atoms with Crippen LogP contribution in [0.1, 0.15) is 33.1 Å². The first-order valence-corrected chi connectivity index (χ1v) is 11.8. The van der Waals surface area contributed by atoms with Crippen LogP contribution in [0.2, 0.25) is 0 Å². The maximum absolute atomic E-state index is 13.3. The number of nitrogens with one attached hydrogen (secondary N) is 2. The van der Waals surface area contributed by atoms with Gasteiger partial charge in [-0.05, 0) is 51.0 Å². The summed E-state index contributed by atoms with van der Waals surface area (Å²) in [6, 6.07) is 11.7. The van der Waals surface area contributed by atoms with Crippen LogP contribution >= 0.6 is 0 Å². The van der Waals surface area contributed by atoms with Crippen LogP contribution < -0.4 is 31.4 Å². The monoisotopic (exact) mass is 496 g/mol. The van der Waals surface area contributed by atoms with E-state index in [4.69, 9.17) is 9.47 Å². The van der Waals surface area contributed by atoms with Crippen molar-refractivity contribution in [2.24, 2.45) is 0 Å². The number of carbonyl (C=O) groups is 2. The number of nitrogens with zero attached hydrogens (tertiary/aromatic N) is 2. The number of benzene rings is 2. The van der Waals surface area contributed by atoms with E-state index in [1.54, 1.807) is 42.5 Å². The molecule has 0 saturated heterocycles. The van der Waals surface area contributed by atoms with Gasteiger partial charge in [-0.2, -0.15) is 0 Å². The molecule has 1 heterocycles. The predicted octanol–water partition coefficient (Wildman–Crippen LogP) is 2.51. The lowest BCUT2D eigenvalue weighted by molar-refractivity contribution is -0.121. The van der Waals surface area contributed by atoms with Gasteiger partial charge in [0, 0.05) is 30.8 Å². The second-order valence-corrected chi connectivity index (χ2v) is 8.64. The van der Waals surface area contributed by atoms with Crippen molar-refractivity contribution in [2.45, 2.75) is 52.2 Å². The summed E-state index contributed by atoms with van der Waals surface area (Å²) in [6.07, 6.45) is 1.30. The van der Waals surface area contributed by atoms with Crippen LogP contribution in [0.3, 0.4) is 0 Å². The van der Waals surface area contributed by atoms with Gasteiger partial charge in [0.25, 0.3) is 5.56 Å². The fraction of sp³-hybridized carbons (Fsp3) is 0.385. The zero-order valence-electron chi connectivity index (χ0n) is 21.0. The summed E-state index contributed by atoms with van der Waals surface area (Å²) in [5, 5.41) is 5.92. The Hall–Kier alpha value is -4.08. The average Bonchev–Trinajstić information content (AvgIpc) is 2.85. The predicted molar refractivity (Wildman–Crippen MR) is 138 cm³/mol. The van der Waals surface area contributed by atoms with Crippen molar-refractivity contribution in [3.05, 3.63) is 63.3 Å². The number of hydrogen-bond acceptors (Lipinski definition) is 6. The minimum absolute atomic E-state index is 0.0537. The van der Waals surface area contributed by atoms with Gasteiger partial charge in [-0.25, -0.2) is 4.79 Å². The highest BCUT2D eigenvalue weighted by atomic mass is 16.5. The van der Waals surface area contributed by atoms with E-state index in [1.165, 1.54) is 18.8 Å². The summed E-state index contributed by atoms with van der Waals surface area (Å²) in [6.45, 7) is 3.63. The van der Waals surface area contributed by atoms with E-state index in [-0.39, 0.29) is 25.0 Å². The number of carbonyl (C=O) groups excluding carboxylic acids is 2. The van der Waals surface area contributed by atoms with Crippen LogP contribution in [-0.2, 0) is 22.7 Å². The third-order valence-electron chi connectivity index (χ3n) is 5.59. The first kappa shape index (κ1) is 26.5. The number of rotatable bonds is 11. The van der Waals surface area contributed by atoms with Crippen LogP contribution in [-0.4, -0.2) is 41.2 Å². The highest BCUT2D eigenvalue weighted by Crippen LogP contribution is 2.29. The van der Waals surface area contributed by atoms with Gasteiger partial charge in [0.1, 0.15) is 6.54 Å². The quantitative estimate of drug-likeness (QED) is 0.394. The molecule has 3 aromatic rings. The van der Waals surface area contributed by atoms with Crippen molar-refractivity contribution in [2.75, 3.05) is 19.5 Å². The summed E-state index contributed by atoms with van der Waals surface area (Å²) >= 11 is 0. The lowest BCUT2D eigenvalue weighted by atomic mass is 10.2. The molecule has 192 valence electrons. The molecule has 2 amide bonds. The zero-order valence-corrected chi connectivity index (χ0v) is 21.0. The van der Waals surface area contributed by atoms with Crippen molar-refractivity contribution < 1.29 is 19.1 Å². The molecular weight excluding hydrogens is 464 g/mol. The number of methoxy groups -OCH3 is 2. The number of amides is 2. The van der Waals surface area contributed by atoms with Gasteiger partial charge >= 0.3 is 5.69 Å². The molecule has 0 aliphatic carbocycles. The molecule has 0 spiro atoms. The van der Waals surface area contributed by atoms with Crippen LogP contribution in [0.5, 0.6) is 11.5 Å². The van der Waals surface area contributed by atoms with Crippen LogP contribution in [0, 0.1) is 0 Å². The number of anilines is 1. The maximum Gasteiger partial charge on any atom is 0.331 e. The molecule has 10 heteroatoms. The van der Waals surface area contributed by atoms with Crippen LogP contribution in [0.4, 0.5) is 5.69 Å². The Morgan fingerprint density at radius 2 is 1.64 bits per heavy atom. The van der Waals surface area contributed by atoms with E-state index >= 15 is 0 Å². The molecule has 36 heavy (non-hydrogen) atoms. The largest absolute Gasteiger partial charge is 0.493 e. The highest BCUT2D eigenvalue weighted by Gasteiger charge is 2.16. The van der Waals surface area contributed by atoms with Crippen molar-refractivity contribution in [1.29, 1.82) is 0 Å². The summed E-state index contributed by atoms with van der Waals surface area (Å²) in [4.78, 5) is 51.1. The van der Waals surface area contributed by atoms with Gasteiger partial charge in [-0.1, -0.05) is 12.1 Å². The lowest BCUT2D eigenvalue weighted by Crippen LogP contribution is -2.41. The van der Waals surface area contributed by atoms with E-state index in [0.717, 1.165) is 4.57 Å². The molecule has 0 atom stereocenters. The molecule has 0 unspecified atom stereocenters. The Balaban J connectivity index is 1.82. The molecular formula is C26H32N4O6. The summed E-state index contributed by atoms with van der Waals surface area (Å²) < 4.78 is 12.9. The van der Waals surface area contributed by atoms with Crippen molar-refractivity contribution in [1.82, 2.24) is 14.5 Å².